The number of hydrogen-bond acceptors (Lipinski definition) is 6. The average Bonchev–Trinajstić information content (AvgIpc) is 2.82. The smallest absolute Gasteiger partial charge is 0.433 e. The number of pyridine rings is 1. The number of hydrogen-bond donors (Lipinski definition) is 3. The normalized spacial score (nSPS) is 18.2. The second-order valence-corrected chi connectivity index (χ2v) is 8.84. The molecule has 184 valence electrons. The average molecular weight is 486 g/mol. The minimum atomic E-state index is -4.55. The molecule has 3 aromatic rings. The molecule has 1 aliphatic carbocycles. The van der Waals surface area contributed by atoms with Gasteiger partial charge in [-0.3, -0.25) is 4.79 Å². The summed E-state index contributed by atoms with van der Waals surface area (Å²) in [4.78, 5) is 23.0. The fraction of sp³-hybridized carbons (Fsp3) is 0.360. The number of carboxylic acid groups (broad SMARTS) is 1. The fourth-order valence-corrected chi connectivity index (χ4v) is 4.26. The van der Waals surface area contributed by atoms with Crippen molar-refractivity contribution in [3.63, 3.8) is 0 Å². The van der Waals surface area contributed by atoms with Gasteiger partial charge in [0, 0.05) is 30.2 Å². The number of carboxylic acids is 1. The maximum absolute atomic E-state index is 12.9. The summed E-state index contributed by atoms with van der Waals surface area (Å²) >= 11 is 0. The zero-order valence-corrected chi connectivity index (χ0v) is 19.1. The highest BCUT2D eigenvalue weighted by molar-refractivity contribution is 5.71. The second-order valence-electron chi connectivity index (χ2n) is 8.84. The molecule has 0 aliphatic heterocycles. The Kier molecular flexibility index (Phi) is 7.18. The number of aliphatic carboxylic acids is 1. The summed E-state index contributed by atoms with van der Waals surface area (Å²) in [5.74, 6) is 0.0995. The lowest BCUT2D eigenvalue weighted by atomic mass is 9.82. The van der Waals surface area contributed by atoms with E-state index < -0.39 is 17.8 Å². The highest BCUT2D eigenvalue weighted by Gasteiger charge is 2.32. The molecule has 0 atom stereocenters. The van der Waals surface area contributed by atoms with E-state index in [1.54, 1.807) is 12.3 Å². The number of nitrogens with one attached hydrogen (secondary N) is 2. The van der Waals surface area contributed by atoms with Crippen LogP contribution in [0.3, 0.4) is 0 Å². The van der Waals surface area contributed by atoms with Gasteiger partial charge in [0.25, 0.3) is 0 Å². The summed E-state index contributed by atoms with van der Waals surface area (Å²) < 4.78 is 38.8. The maximum Gasteiger partial charge on any atom is 0.433 e. The van der Waals surface area contributed by atoms with E-state index in [4.69, 9.17) is 5.11 Å². The molecule has 1 fully saturated rings. The Morgan fingerprint density at radius 3 is 2.49 bits per heavy atom. The summed E-state index contributed by atoms with van der Waals surface area (Å²) in [6.07, 6.45) is 1.46. The molecule has 1 aliphatic rings. The van der Waals surface area contributed by atoms with Gasteiger partial charge in [0.05, 0.1) is 5.92 Å². The Bertz CT molecular complexity index is 1180. The Balaban J connectivity index is 1.40. The number of alkyl halides is 3. The molecule has 0 bridgehead atoms. The van der Waals surface area contributed by atoms with Crippen LogP contribution in [0.5, 0.6) is 0 Å². The van der Waals surface area contributed by atoms with Gasteiger partial charge in [-0.1, -0.05) is 6.07 Å². The van der Waals surface area contributed by atoms with Gasteiger partial charge in [0.1, 0.15) is 11.5 Å². The number of halogens is 3. The Hall–Kier alpha value is -3.69. The highest BCUT2D eigenvalue weighted by atomic mass is 19.4. The SMILES string of the molecule is Cc1cc(Nc2nccc(C(F)(F)F)n2)cc(-c2ccc(NC[C@H]3CC[C@H](C(=O)O)CC3)nc2)c1. The molecule has 4 rings (SSSR count). The Labute approximate surface area is 200 Å². The van der Waals surface area contributed by atoms with Gasteiger partial charge < -0.3 is 15.7 Å². The summed E-state index contributed by atoms with van der Waals surface area (Å²) in [5, 5.41) is 15.3. The van der Waals surface area contributed by atoms with Crippen molar-refractivity contribution in [3.05, 3.63) is 60.0 Å². The van der Waals surface area contributed by atoms with E-state index in [0.717, 1.165) is 54.2 Å². The van der Waals surface area contributed by atoms with Crippen LogP contribution in [0.25, 0.3) is 11.1 Å². The van der Waals surface area contributed by atoms with Crippen LogP contribution in [0.1, 0.15) is 36.9 Å². The number of carbonyl (C=O) groups is 1. The zero-order valence-electron chi connectivity index (χ0n) is 19.1. The molecular formula is C25H26F3N5O2. The maximum atomic E-state index is 12.9. The van der Waals surface area contributed by atoms with E-state index in [1.165, 1.54) is 0 Å². The van der Waals surface area contributed by atoms with Crippen molar-refractivity contribution < 1.29 is 23.1 Å². The van der Waals surface area contributed by atoms with Gasteiger partial charge in [-0.15, -0.1) is 0 Å². The molecule has 7 nitrogen and oxygen atoms in total. The van der Waals surface area contributed by atoms with E-state index in [2.05, 4.69) is 25.6 Å². The van der Waals surface area contributed by atoms with Crippen molar-refractivity contribution in [3.8, 4) is 11.1 Å². The Morgan fingerprint density at radius 1 is 1.06 bits per heavy atom. The molecule has 0 radical (unpaired) electrons. The molecule has 1 saturated carbocycles. The molecule has 0 spiro atoms. The van der Waals surface area contributed by atoms with Crippen molar-refractivity contribution in [2.45, 2.75) is 38.8 Å². The first-order valence-electron chi connectivity index (χ1n) is 11.4. The standard InChI is InChI=1S/C25H26F3N5O2/c1-15-10-19(12-20(11-15)32-24-29-9-8-21(33-24)25(26,27)28)18-6-7-22(31-14-18)30-13-16-2-4-17(5-3-16)23(34)35/h6-12,14,16-17H,2-5,13H2,1H3,(H,30,31)(H,34,35)(H,29,32,33)/t16-,17-. The van der Waals surface area contributed by atoms with Crippen LogP contribution in [-0.4, -0.2) is 32.6 Å². The minimum absolute atomic E-state index is 0.133. The monoisotopic (exact) mass is 485 g/mol. The van der Waals surface area contributed by atoms with Crippen LogP contribution in [0.4, 0.5) is 30.6 Å². The molecule has 35 heavy (non-hydrogen) atoms. The molecule has 0 unspecified atom stereocenters. The van der Waals surface area contributed by atoms with Gasteiger partial charge in [0.2, 0.25) is 5.95 Å². The van der Waals surface area contributed by atoms with Crippen LogP contribution < -0.4 is 10.6 Å². The van der Waals surface area contributed by atoms with Crippen molar-refractivity contribution in [2.24, 2.45) is 11.8 Å². The van der Waals surface area contributed by atoms with Crippen molar-refractivity contribution in [1.82, 2.24) is 15.0 Å². The van der Waals surface area contributed by atoms with E-state index >= 15 is 0 Å². The predicted molar refractivity (Wildman–Crippen MR) is 126 cm³/mol. The van der Waals surface area contributed by atoms with Gasteiger partial charge in [-0.05, 0) is 80.0 Å². The molecule has 0 amide bonds. The first-order chi connectivity index (χ1) is 16.7. The van der Waals surface area contributed by atoms with Gasteiger partial charge >= 0.3 is 12.1 Å². The quantitative estimate of drug-likeness (QED) is 0.382. The van der Waals surface area contributed by atoms with Crippen LogP contribution in [-0.2, 0) is 11.0 Å². The number of anilines is 3. The van der Waals surface area contributed by atoms with E-state index in [-0.39, 0.29) is 11.9 Å². The number of aromatic nitrogens is 3. The summed E-state index contributed by atoms with van der Waals surface area (Å²) in [6.45, 7) is 2.64. The largest absolute Gasteiger partial charge is 0.481 e. The van der Waals surface area contributed by atoms with Gasteiger partial charge in [-0.25, -0.2) is 15.0 Å². The number of benzene rings is 1. The lowest BCUT2D eigenvalue weighted by Crippen LogP contribution is -2.25. The van der Waals surface area contributed by atoms with Crippen LogP contribution >= 0.6 is 0 Å². The van der Waals surface area contributed by atoms with Crippen LogP contribution in [0.2, 0.25) is 0 Å². The molecule has 2 heterocycles. The topological polar surface area (TPSA) is 100 Å². The molecule has 1 aromatic carbocycles. The van der Waals surface area contributed by atoms with Gasteiger partial charge in [0.15, 0.2) is 0 Å². The molecule has 3 N–H and O–H groups in total. The van der Waals surface area contributed by atoms with E-state index in [9.17, 15) is 18.0 Å². The Morgan fingerprint density at radius 2 is 1.83 bits per heavy atom. The third-order valence-electron chi connectivity index (χ3n) is 6.14. The number of nitrogens with zero attached hydrogens (tertiary/aromatic N) is 3. The summed E-state index contributed by atoms with van der Waals surface area (Å²) in [5.41, 5.74) is 2.18. The molecule has 2 aromatic heterocycles. The van der Waals surface area contributed by atoms with E-state index in [1.807, 2.05) is 31.2 Å². The van der Waals surface area contributed by atoms with Crippen molar-refractivity contribution in [2.75, 3.05) is 17.2 Å². The first-order valence-corrected chi connectivity index (χ1v) is 11.4. The molecular weight excluding hydrogens is 459 g/mol. The third-order valence-corrected chi connectivity index (χ3v) is 6.14. The third kappa shape index (κ3) is 6.46. The van der Waals surface area contributed by atoms with Crippen LogP contribution in [0.15, 0.2) is 48.8 Å². The lowest BCUT2D eigenvalue weighted by Gasteiger charge is -2.26. The highest BCUT2D eigenvalue weighted by Crippen LogP contribution is 2.31. The van der Waals surface area contributed by atoms with Crippen molar-refractivity contribution in [1.29, 1.82) is 0 Å². The fourth-order valence-electron chi connectivity index (χ4n) is 4.26. The number of rotatable bonds is 7. The number of aryl methyl sites for hydroxylation is 1. The first kappa shape index (κ1) is 24.4. The zero-order chi connectivity index (χ0) is 25.0. The summed E-state index contributed by atoms with van der Waals surface area (Å²) in [7, 11) is 0. The van der Waals surface area contributed by atoms with Crippen molar-refractivity contribution >= 4 is 23.4 Å². The molecule has 0 saturated heterocycles. The molecule has 10 heteroatoms. The minimum Gasteiger partial charge on any atom is -0.481 e. The second kappa shape index (κ2) is 10.3. The summed E-state index contributed by atoms with van der Waals surface area (Å²) in [6, 6.07) is 10.2. The van der Waals surface area contributed by atoms with E-state index in [0.29, 0.717) is 24.4 Å². The lowest BCUT2D eigenvalue weighted by molar-refractivity contribution is -0.143. The van der Waals surface area contributed by atoms with Crippen LogP contribution in [0, 0.1) is 18.8 Å². The predicted octanol–water partition coefficient (Wildman–Crippen LogP) is 5.91. The van der Waals surface area contributed by atoms with Gasteiger partial charge in [-0.2, -0.15) is 13.2 Å².